The Morgan fingerprint density at radius 1 is 1.13 bits per heavy atom. The molecule has 6 N–H and O–H groups in total. The van der Waals surface area contributed by atoms with Gasteiger partial charge in [0, 0.05) is 16.5 Å². The van der Waals surface area contributed by atoms with E-state index in [2.05, 4.69) is 16.0 Å². The third-order valence-corrected chi connectivity index (χ3v) is 4.21. The number of amides is 3. The number of nitrogens with one attached hydrogen (secondary N) is 5. The van der Waals surface area contributed by atoms with Gasteiger partial charge < -0.3 is 20.5 Å². The molecule has 1 aromatic rings. The van der Waals surface area contributed by atoms with E-state index in [4.69, 9.17) is 38.5 Å². The standard InChI is InChI=1S/C17H21Cl2N5O6/c1-21-8-14(26)22-12(15(27)28)5-6-30-17(29)24-16(20)23-13(25)7-9-10(18)3-2-4-11(9)19/h2-4,12,21H,5-8H2,1H3,(H,22,26)(H,27,28)(H3,20,23,24,25,29)/t12-/m0/s1. The molecule has 0 saturated heterocycles. The number of hydrogen-bond donors (Lipinski definition) is 6. The van der Waals surface area contributed by atoms with Gasteiger partial charge in [0.1, 0.15) is 6.04 Å². The van der Waals surface area contributed by atoms with E-state index in [1.54, 1.807) is 18.2 Å². The Bertz CT molecular complexity index is 800. The Balaban J connectivity index is 2.41. The van der Waals surface area contributed by atoms with Gasteiger partial charge in [-0.15, -0.1) is 0 Å². The van der Waals surface area contributed by atoms with E-state index < -0.39 is 35.9 Å². The number of carboxylic acids is 1. The highest BCUT2D eigenvalue weighted by Gasteiger charge is 2.20. The summed E-state index contributed by atoms with van der Waals surface area (Å²) in [6.07, 6.45) is -1.49. The molecule has 0 bridgehead atoms. The number of ether oxygens (including phenoxy) is 1. The molecule has 1 atom stereocenters. The van der Waals surface area contributed by atoms with Crippen LogP contribution in [-0.2, 0) is 25.5 Å². The van der Waals surface area contributed by atoms with Gasteiger partial charge in [0.25, 0.3) is 0 Å². The van der Waals surface area contributed by atoms with Crippen LogP contribution in [0.1, 0.15) is 12.0 Å². The van der Waals surface area contributed by atoms with Crippen molar-refractivity contribution in [3.63, 3.8) is 0 Å². The van der Waals surface area contributed by atoms with Crippen LogP contribution in [0.5, 0.6) is 0 Å². The number of aliphatic carboxylic acids is 1. The molecular formula is C17H21Cl2N5O6. The van der Waals surface area contributed by atoms with Crippen LogP contribution in [-0.4, -0.2) is 61.2 Å². The summed E-state index contributed by atoms with van der Waals surface area (Å²) in [6, 6.07) is 3.48. The first-order chi connectivity index (χ1) is 14.1. The zero-order valence-electron chi connectivity index (χ0n) is 15.9. The summed E-state index contributed by atoms with van der Waals surface area (Å²) >= 11 is 11.9. The zero-order chi connectivity index (χ0) is 22.7. The molecule has 0 aromatic heterocycles. The normalized spacial score (nSPS) is 11.2. The second kappa shape index (κ2) is 12.6. The summed E-state index contributed by atoms with van der Waals surface area (Å²) in [7, 11) is 1.53. The highest BCUT2D eigenvalue weighted by Crippen LogP contribution is 2.24. The molecule has 0 saturated carbocycles. The number of benzene rings is 1. The highest BCUT2D eigenvalue weighted by molar-refractivity contribution is 6.36. The van der Waals surface area contributed by atoms with Crippen molar-refractivity contribution in [3.05, 3.63) is 33.8 Å². The van der Waals surface area contributed by atoms with Crippen LogP contribution in [0.2, 0.25) is 10.0 Å². The number of hydrogen-bond acceptors (Lipinski definition) is 7. The number of likely N-dealkylation sites (N-methyl/N-ethyl adjacent to an activating group) is 1. The van der Waals surface area contributed by atoms with E-state index in [1.807, 2.05) is 5.32 Å². The maximum atomic E-state index is 12.0. The number of halogens is 2. The summed E-state index contributed by atoms with van der Waals surface area (Å²) in [4.78, 5) is 46.2. The number of alkyl carbamates (subject to hydrolysis) is 1. The molecule has 1 aromatic carbocycles. The molecule has 0 unspecified atom stereocenters. The van der Waals surface area contributed by atoms with Crippen molar-refractivity contribution in [3.8, 4) is 0 Å². The number of guanidine groups is 1. The molecule has 0 aliphatic carbocycles. The quantitative estimate of drug-likeness (QED) is 0.229. The maximum absolute atomic E-state index is 12.0. The van der Waals surface area contributed by atoms with Gasteiger partial charge in [0.2, 0.25) is 17.8 Å². The fraction of sp³-hybridized carbons (Fsp3) is 0.353. The van der Waals surface area contributed by atoms with Gasteiger partial charge in [-0.05, 0) is 24.7 Å². The first-order valence-corrected chi connectivity index (χ1v) is 9.31. The molecule has 0 heterocycles. The van der Waals surface area contributed by atoms with E-state index in [0.29, 0.717) is 5.56 Å². The topological polar surface area (TPSA) is 170 Å². The largest absolute Gasteiger partial charge is 0.480 e. The van der Waals surface area contributed by atoms with Crippen molar-refractivity contribution in [1.82, 2.24) is 21.3 Å². The molecule has 11 nitrogen and oxygen atoms in total. The smallest absolute Gasteiger partial charge is 0.413 e. The van der Waals surface area contributed by atoms with Gasteiger partial charge in [-0.3, -0.25) is 25.6 Å². The van der Waals surface area contributed by atoms with Gasteiger partial charge >= 0.3 is 12.1 Å². The third kappa shape index (κ3) is 9.07. The average molecular weight is 462 g/mol. The molecule has 1 rings (SSSR count). The van der Waals surface area contributed by atoms with Crippen molar-refractivity contribution >= 4 is 53.0 Å². The van der Waals surface area contributed by atoms with E-state index in [0.717, 1.165) is 0 Å². The average Bonchev–Trinajstić information content (AvgIpc) is 2.64. The van der Waals surface area contributed by atoms with Crippen LogP contribution in [0, 0.1) is 5.41 Å². The number of rotatable bonds is 9. The molecule has 0 aliphatic heterocycles. The number of carbonyl (C=O) groups is 4. The number of carbonyl (C=O) groups excluding carboxylic acids is 3. The minimum Gasteiger partial charge on any atom is -0.480 e. The van der Waals surface area contributed by atoms with Crippen LogP contribution >= 0.6 is 23.2 Å². The molecule has 3 amide bonds. The van der Waals surface area contributed by atoms with Gasteiger partial charge in [0.05, 0.1) is 19.6 Å². The Labute approximate surface area is 181 Å². The fourth-order valence-electron chi connectivity index (χ4n) is 2.15. The molecule has 30 heavy (non-hydrogen) atoms. The molecule has 0 spiro atoms. The fourth-order valence-corrected chi connectivity index (χ4v) is 2.68. The Hall–Kier alpha value is -2.89. The third-order valence-electron chi connectivity index (χ3n) is 3.50. The molecule has 0 fully saturated rings. The van der Waals surface area contributed by atoms with Crippen molar-refractivity contribution in [2.75, 3.05) is 20.2 Å². The minimum atomic E-state index is -1.29. The molecular weight excluding hydrogens is 441 g/mol. The first kappa shape index (κ1) is 25.1. The van der Waals surface area contributed by atoms with Crippen molar-refractivity contribution < 1.29 is 29.0 Å². The van der Waals surface area contributed by atoms with E-state index in [1.165, 1.54) is 7.05 Å². The van der Waals surface area contributed by atoms with Crippen molar-refractivity contribution in [1.29, 1.82) is 5.41 Å². The lowest BCUT2D eigenvalue weighted by atomic mass is 10.1. The van der Waals surface area contributed by atoms with Crippen LogP contribution in [0.15, 0.2) is 18.2 Å². The van der Waals surface area contributed by atoms with Crippen molar-refractivity contribution in [2.24, 2.45) is 0 Å². The predicted octanol–water partition coefficient (Wildman–Crippen LogP) is 0.492. The Morgan fingerprint density at radius 3 is 2.33 bits per heavy atom. The second-order valence-corrected chi connectivity index (χ2v) is 6.65. The number of carboxylic acid groups (broad SMARTS) is 1. The van der Waals surface area contributed by atoms with Gasteiger partial charge in [-0.1, -0.05) is 29.3 Å². The van der Waals surface area contributed by atoms with Gasteiger partial charge in [-0.25, -0.2) is 9.59 Å². The summed E-state index contributed by atoms with van der Waals surface area (Å²) in [5.74, 6) is -3.11. The zero-order valence-corrected chi connectivity index (χ0v) is 17.4. The monoisotopic (exact) mass is 461 g/mol. The van der Waals surface area contributed by atoms with Gasteiger partial charge in [-0.2, -0.15) is 0 Å². The minimum absolute atomic E-state index is 0.0681. The summed E-state index contributed by atoms with van der Waals surface area (Å²) < 4.78 is 4.76. The van der Waals surface area contributed by atoms with Crippen LogP contribution in [0.3, 0.4) is 0 Å². The van der Waals surface area contributed by atoms with E-state index in [-0.39, 0.29) is 36.0 Å². The molecule has 0 radical (unpaired) electrons. The lowest BCUT2D eigenvalue weighted by Crippen LogP contribution is -2.46. The van der Waals surface area contributed by atoms with Crippen molar-refractivity contribution in [2.45, 2.75) is 18.9 Å². The van der Waals surface area contributed by atoms with Gasteiger partial charge in [0.15, 0.2) is 0 Å². The Kier molecular flexibility index (Phi) is 10.6. The highest BCUT2D eigenvalue weighted by atomic mass is 35.5. The van der Waals surface area contributed by atoms with Crippen LogP contribution in [0.4, 0.5) is 4.79 Å². The SMILES string of the molecule is CNCC(=O)N[C@@H](CCOC(=O)NC(=N)NC(=O)Cc1c(Cl)cccc1Cl)C(=O)O. The van der Waals surface area contributed by atoms with E-state index >= 15 is 0 Å². The lowest BCUT2D eigenvalue weighted by Gasteiger charge is -2.15. The molecule has 0 aliphatic rings. The molecule has 13 heteroatoms. The lowest BCUT2D eigenvalue weighted by molar-refractivity contribution is -0.142. The van der Waals surface area contributed by atoms with E-state index in [9.17, 15) is 19.2 Å². The Morgan fingerprint density at radius 2 is 1.77 bits per heavy atom. The summed E-state index contributed by atoms with van der Waals surface area (Å²) in [5, 5.41) is 26.1. The molecule has 164 valence electrons. The first-order valence-electron chi connectivity index (χ1n) is 8.55. The maximum Gasteiger partial charge on any atom is 0.413 e. The van der Waals surface area contributed by atoms with Crippen LogP contribution < -0.4 is 21.3 Å². The summed E-state index contributed by atoms with van der Waals surface area (Å²) in [6.45, 7) is -0.416. The second-order valence-electron chi connectivity index (χ2n) is 5.84. The summed E-state index contributed by atoms with van der Waals surface area (Å²) in [5.41, 5.74) is 0.369. The predicted molar refractivity (Wildman–Crippen MR) is 109 cm³/mol. The van der Waals surface area contributed by atoms with Crippen LogP contribution in [0.25, 0.3) is 0 Å².